The van der Waals surface area contributed by atoms with Gasteiger partial charge in [0.2, 0.25) is 5.95 Å². The fourth-order valence-electron chi connectivity index (χ4n) is 1.83. The number of carbonyl (C=O) groups is 1. The Bertz CT molecular complexity index is 390. The molecule has 0 aliphatic heterocycles. The van der Waals surface area contributed by atoms with Crippen LogP contribution in [-0.2, 0) is 0 Å². The molecule has 4 nitrogen and oxygen atoms in total. The van der Waals surface area contributed by atoms with Gasteiger partial charge in [-0.2, -0.15) is 4.39 Å². The molecule has 1 amide bonds. The van der Waals surface area contributed by atoms with E-state index in [2.05, 4.69) is 10.3 Å². The number of nitrogens with zero attached hydrogens (tertiary/aromatic N) is 1. The van der Waals surface area contributed by atoms with Gasteiger partial charge in [0.1, 0.15) is 0 Å². The van der Waals surface area contributed by atoms with Crippen LogP contribution in [0, 0.1) is 11.9 Å². The van der Waals surface area contributed by atoms with Crippen LogP contribution in [-0.4, -0.2) is 28.6 Å². The van der Waals surface area contributed by atoms with Gasteiger partial charge in [-0.05, 0) is 37.3 Å². The number of halogens is 1. The third-order valence-electron chi connectivity index (χ3n) is 2.94. The second-order valence-electron chi connectivity index (χ2n) is 4.30. The molecular weight excluding hydrogens is 223 g/mol. The van der Waals surface area contributed by atoms with Gasteiger partial charge in [0.05, 0.1) is 5.56 Å². The molecule has 1 aliphatic rings. The van der Waals surface area contributed by atoms with E-state index in [1.807, 2.05) is 0 Å². The molecule has 0 radical (unpaired) electrons. The lowest BCUT2D eigenvalue weighted by Gasteiger charge is -2.16. The van der Waals surface area contributed by atoms with Crippen LogP contribution in [0.5, 0.6) is 0 Å². The maximum Gasteiger partial charge on any atom is 0.253 e. The largest absolute Gasteiger partial charge is 0.396 e. The van der Waals surface area contributed by atoms with E-state index in [0.717, 1.165) is 18.9 Å². The Morgan fingerprint density at radius 1 is 1.59 bits per heavy atom. The molecule has 0 bridgehead atoms. The summed E-state index contributed by atoms with van der Waals surface area (Å²) in [4.78, 5) is 15.3. The summed E-state index contributed by atoms with van der Waals surface area (Å²) in [5, 5.41) is 11.8. The first-order valence-corrected chi connectivity index (χ1v) is 5.74. The third kappa shape index (κ3) is 3.23. The summed E-state index contributed by atoms with van der Waals surface area (Å²) in [6.45, 7) is 0.0586. The summed E-state index contributed by atoms with van der Waals surface area (Å²) in [5.74, 6) is -0.391. The van der Waals surface area contributed by atoms with E-state index in [0.29, 0.717) is 17.9 Å². The number of carbonyl (C=O) groups excluding carboxylic acids is 1. The van der Waals surface area contributed by atoms with Crippen LogP contribution in [0.2, 0.25) is 0 Å². The standard InChI is InChI=1S/C12H15FN2O2/c13-11-4-3-9(7-14-11)12(17)15-10(5-6-16)8-1-2-8/h3-4,7-8,10,16H,1-2,5-6H2,(H,15,17). The Balaban J connectivity index is 1.97. The molecule has 92 valence electrons. The van der Waals surface area contributed by atoms with Crippen molar-refractivity contribution in [2.24, 2.45) is 5.92 Å². The molecule has 1 heterocycles. The van der Waals surface area contributed by atoms with Crippen LogP contribution in [0.1, 0.15) is 29.6 Å². The lowest BCUT2D eigenvalue weighted by atomic mass is 10.1. The van der Waals surface area contributed by atoms with Crippen LogP contribution < -0.4 is 5.32 Å². The maximum atomic E-state index is 12.6. The quantitative estimate of drug-likeness (QED) is 0.755. The van der Waals surface area contributed by atoms with Gasteiger partial charge in [0.25, 0.3) is 5.91 Å². The van der Waals surface area contributed by atoms with Gasteiger partial charge >= 0.3 is 0 Å². The van der Waals surface area contributed by atoms with Gasteiger partial charge in [-0.1, -0.05) is 0 Å². The summed E-state index contributed by atoms with van der Waals surface area (Å²) in [7, 11) is 0. The Morgan fingerprint density at radius 3 is 2.88 bits per heavy atom. The van der Waals surface area contributed by atoms with E-state index < -0.39 is 5.95 Å². The number of aliphatic hydroxyl groups is 1. The van der Waals surface area contributed by atoms with Crippen molar-refractivity contribution < 1.29 is 14.3 Å². The molecule has 5 heteroatoms. The second kappa shape index (κ2) is 5.23. The molecule has 1 aromatic rings. The zero-order chi connectivity index (χ0) is 12.3. The smallest absolute Gasteiger partial charge is 0.253 e. The van der Waals surface area contributed by atoms with Crippen molar-refractivity contribution in [2.75, 3.05) is 6.61 Å². The van der Waals surface area contributed by atoms with Gasteiger partial charge in [-0.25, -0.2) is 4.98 Å². The summed E-state index contributed by atoms with van der Waals surface area (Å²) in [6, 6.07) is 2.57. The van der Waals surface area contributed by atoms with Crippen molar-refractivity contribution in [3.05, 3.63) is 29.8 Å². The van der Waals surface area contributed by atoms with E-state index in [1.165, 1.54) is 12.3 Å². The van der Waals surface area contributed by atoms with Gasteiger partial charge in [0.15, 0.2) is 0 Å². The van der Waals surface area contributed by atoms with E-state index in [-0.39, 0.29) is 18.6 Å². The third-order valence-corrected chi connectivity index (χ3v) is 2.94. The monoisotopic (exact) mass is 238 g/mol. The van der Waals surface area contributed by atoms with E-state index in [4.69, 9.17) is 5.11 Å². The topological polar surface area (TPSA) is 62.2 Å². The normalized spacial score (nSPS) is 16.6. The minimum Gasteiger partial charge on any atom is -0.396 e. The average molecular weight is 238 g/mol. The highest BCUT2D eigenvalue weighted by Crippen LogP contribution is 2.34. The highest BCUT2D eigenvalue weighted by Gasteiger charge is 2.31. The summed E-state index contributed by atoms with van der Waals surface area (Å²) in [6.07, 6.45) is 3.96. The Morgan fingerprint density at radius 2 is 2.35 bits per heavy atom. The SMILES string of the molecule is O=C(NC(CCO)C1CC1)c1ccc(F)nc1. The second-order valence-corrected chi connectivity index (χ2v) is 4.30. The van der Waals surface area contributed by atoms with E-state index in [1.54, 1.807) is 0 Å². The fourth-order valence-corrected chi connectivity index (χ4v) is 1.83. The molecule has 1 aliphatic carbocycles. The predicted molar refractivity (Wildman–Crippen MR) is 59.9 cm³/mol. The highest BCUT2D eigenvalue weighted by molar-refractivity contribution is 5.94. The lowest BCUT2D eigenvalue weighted by Crippen LogP contribution is -2.37. The van der Waals surface area contributed by atoms with Gasteiger partial charge in [-0.3, -0.25) is 4.79 Å². The molecule has 2 rings (SSSR count). The van der Waals surface area contributed by atoms with Crippen molar-refractivity contribution in [3.8, 4) is 0 Å². The molecule has 2 N–H and O–H groups in total. The van der Waals surface area contributed by atoms with Gasteiger partial charge in [0, 0.05) is 18.8 Å². The highest BCUT2D eigenvalue weighted by atomic mass is 19.1. The van der Waals surface area contributed by atoms with Gasteiger partial charge in [-0.15, -0.1) is 0 Å². The Labute approximate surface area is 98.9 Å². The fraction of sp³-hybridized carbons (Fsp3) is 0.500. The van der Waals surface area contributed by atoms with Crippen LogP contribution in [0.3, 0.4) is 0 Å². The van der Waals surface area contributed by atoms with Crippen molar-refractivity contribution >= 4 is 5.91 Å². The zero-order valence-corrected chi connectivity index (χ0v) is 9.40. The first-order valence-electron chi connectivity index (χ1n) is 5.74. The molecule has 0 saturated heterocycles. The van der Waals surface area contributed by atoms with E-state index >= 15 is 0 Å². The maximum absolute atomic E-state index is 12.6. The molecule has 1 aromatic heterocycles. The number of pyridine rings is 1. The number of aromatic nitrogens is 1. The molecule has 0 aromatic carbocycles. The molecule has 17 heavy (non-hydrogen) atoms. The molecule has 1 saturated carbocycles. The van der Waals surface area contributed by atoms with Crippen LogP contribution in [0.4, 0.5) is 4.39 Å². The Kier molecular flexibility index (Phi) is 3.68. The van der Waals surface area contributed by atoms with Crippen molar-refractivity contribution in [1.29, 1.82) is 0 Å². The van der Waals surface area contributed by atoms with Crippen molar-refractivity contribution in [1.82, 2.24) is 10.3 Å². The van der Waals surface area contributed by atoms with Crippen LogP contribution >= 0.6 is 0 Å². The number of rotatable bonds is 5. The first kappa shape index (κ1) is 12.0. The van der Waals surface area contributed by atoms with Crippen molar-refractivity contribution in [3.63, 3.8) is 0 Å². The number of nitrogens with one attached hydrogen (secondary N) is 1. The summed E-state index contributed by atoms with van der Waals surface area (Å²) in [5.41, 5.74) is 0.343. The van der Waals surface area contributed by atoms with Gasteiger partial charge < -0.3 is 10.4 Å². The predicted octanol–water partition coefficient (Wildman–Crippen LogP) is 1.11. The number of amides is 1. The minimum absolute atomic E-state index is 0.0116. The molecular formula is C12H15FN2O2. The number of aliphatic hydroxyl groups excluding tert-OH is 1. The molecule has 1 unspecified atom stereocenters. The number of hydrogen-bond donors (Lipinski definition) is 2. The minimum atomic E-state index is -0.601. The molecule has 0 spiro atoms. The van der Waals surface area contributed by atoms with Crippen LogP contribution in [0.15, 0.2) is 18.3 Å². The zero-order valence-electron chi connectivity index (χ0n) is 9.40. The molecule has 1 atom stereocenters. The Hall–Kier alpha value is -1.49. The average Bonchev–Trinajstić information content (AvgIpc) is 3.13. The van der Waals surface area contributed by atoms with Crippen molar-refractivity contribution in [2.45, 2.75) is 25.3 Å². The van der Waals surface area contributed by atoms with Crippen LogP contribution in [0.25, 0.3) is 0 Å². The summed E-state index contributed by atoms with van der Waals surface area (Å²) < 4.78 is 12.6. The summed E-state index contributed by atoms with van der Waals surface area (Å²) >= 11 is 0. The lowest BCUT2D eigenvalue weighted by molar-refractivity contribution is 0.0924. The number of hydrogen-bond acceptors (Lipinski definition) is 3. The van der Waals surface area contributed by atoms with E-state index in [9.17, 15) is 9.18 Å². The first-order chi connectivity index (χ1) is 8.20. The molecule has 1 fully saturated rings.